The average molecular weight is 313 g/mol. The number of hydrogen-bond acceptors (Lipinski definition) is 2. The van der Waals surface area contributed by atoms with Crippen LogP contribution in [0.4, 0.5) is 0 Å². The summed E-state index contributed by atoms with van der Waals surface area (Å²) in [6.07, 6.45) is 1.95. The lowest BCUT2D eigenvalue weighted by Crippen LogP contribution is -2.37. The molecule has 0 fully saturated rings. The summed E-state index contributed by atoms with van der Waals surface area (Å²) in [6, 6.07) is 20.6. The van der Waals surface area contributed by atoms with Crippen molar-refractivity contribution in [2.75, 3.05) is 0 Å². The van der Waals surface area contributed by atoms with Crippen molar-refractivity contribution < 1.29 is 4.79 Å². The van der Waals surface area contributed by atoms with E-state index in [1.54, 1.807) is 11.8 Å². The summed E-state index contributed by atoms with van der Waals surface area (Å²) in [4.78, 5) is 13.4. The molecule has 3 heteroatoms. The van der Waals surface area contributed by atoms with E-state index in [2.05, 4.69) is 36.5 Å². The van der Waals surface area contributed by atoms with E-state index in [9.17, 15) is 4.79 Å². The van der Waals surface area contributed by atoms with E-state index in [0.717, 1.165) is 17.7 Å². The Morgan fingerprint density at radius 2 is 1.59 bits per heavy atom. The van der Waals surface area contributed by atoms with Gasteiger partial charge in [0.1, 0.15) is 0 Å². The van der Waals surface area contributed by atoms with Crippen LogP contribution in [0.3, 0.4) is 0 Å². The van der Waals surface area contributed by atoms with Crippen molar-refractivity contribution in [1.29, 1.82) is 0 Å². The molecular formula is C19H23NOS. The number of thioether (sulfide) groups is 1. The zero-order chi connectivity index (χ0) is 15.8. The lowest BCUT2D eigenvalue weighted by atomic mass is 10.1. The monoisotopic (exact) mass is 313 g/mol. The number of carbonyl (C=O) groups excluding carboxylic acids is 1. The van der Waals surface area contributed by atoms with Crippen molar-refractivity contribution in [1.82, 2.24) is 5.32 Å². The minimum absolute atomic E-state index is 0.0819. The van der Waals surface area contributed by atoms with Gasteiger partial charge in [0.05, 0.1) is 5.25 Å². The van der Waals surface area contributed by atoms with Gasteiger partial charge in [-0.2, -0.15) is 0 Å². The van der Waals surface area contributed by atoms with E-state index in [1.807, 2.05) is 43.3 Å². The third kappa shape index (κ3) is 5.57. The first kappa shape index (κ1) is 16.6. The third-order valence-corrected chi connectivity index (χ3v) is 4.63. The highest BCUT2D eigenvalue weighted by Crippen LogP contribution is 2.22. The van der Waals surface area contributed by atoms with Crippen LogP contribution in [0.2, 0.25) is 0 Å². The highest BCUT2D eigenvalue weighted by molar-refractivity contribution is 8.00. The quantitative estimate of drug-likeness (QED) is 0.772. The van der Waals surface area contributed by atoms with Gasteiger partial charge in [0.25, 0.3) is 0 Å². The van der Waals surface area contributed by atoms with Crippen molar-refractivity contribution in [2.45, 2.75) is 42.9 Å². The Bertz CT molecular complexity index is 571. The molecule has 1 amide bonds. The van der Waals surface area contributed by atoms with Crippen molar-refractivity contribution in [3.63, 3.8) is 0 Å². The molecule has 0 aliphatic heterocycles. The molecule has 2 aromatic carbocycles. The minimum Gasteiger partial charge on any atom is -0.353 e. The Balaban J connectivity index is 1.75. The number of hydrogen-bond donors (Lipinski definition) is 1. The summed E-state index contributed by atoms with van der Waals surface area (Å²) < 4.78 is 0. The Morgan fingerprint density at radius 3 is 2.23 bits per heavy atom. The van der Waals surface area contributed by atoms with Gasteiger partial charge in [-0.3, -0.25) is 4.79 Å². The topological polar surface area (TPSA) is 29.1 Å². The van der Waals surface area contributed by atoms with Gasteiger partial charge in [-0.15, -0.1) is 11.8 Å². The number of benzene rings is 2. The van der Waals surface area contributed by atoms with E-state index in [1.165, 1.54) is 5.56 Å². The molecule has 2 aromatic rings. The molecule has 0 saturated heterocycles. The van der Waals surface area contributed by atoms with E-state index < -0.39 is 0 Å². The smallest absolute Gasteiger partial charge is 0.233 e. The Kier molecular flexibility index (Phi) is 6.53. The van der Waals surface area contributed by atoms with Gasteiger partial charge in [0, 0.05) is 10.9 Å². The van der Waals surface area contributed by atoms with Crippen LogP contribution in [-0.4, -0.2) is 17.2 Å². The first-order valence-corrected chi connectivity index (χ1v) is 8.59. The summed E-state index contributed by atoms with van der Waals surface area (Å²) in [7, 11) is 0. The largest absolute Gasteiger partial charge is 0.353 e. The molecule has 0 heterocycles. The van der Waals surface area contributed by atoms with Crippen LogP contribution < -0.4 is 5.32 Å². The maximum atomic E-state index is 12.2. The molecular weight excluding hydrogens is 290 g/mol. The van der Waals surface area contributed by atoms with Crippen LogP contribution in [0, 0.1) is 0 Å². The molecule has 0 saturated carbocycles. The SMILES string of the molecule is C[C@H](CCc1ccccc1)NC(=O)[C@H](C)Sc1ccccc1. The Labute approximate surface area is 137 Å². The number of nitrogens with one attached hydrogen (secondary N) is 1. The molecule has 116 valence electrons. The van der Waals surface area contributed by atoms with Crippen LogP contribution in [0.15, 0.2) is 65.6 Å². The van der Waals surface area contributed by atoms with Crippen LogP contribution in [-0.2, 0) is 11.2 Å². The standard InChI is InChI=1S/C19H23NOS/c1-15(13-14-17-9-5-3-6-10-17)20-19(21)16(2)22-18-11-7-4-8-12-18/h3-12,15-16H,13-14H2,1-2H3,(H,20,21)/t15-,16+/m1/s1. The van der Waals surface area contributed by atoms with Gasteiger partial charge in [0.2, 0.25) is 5.91 Å². The second kappa shape index (κ2) is 8.64. The Morgan fingerprint density at radius 1 is 1.00 bits per heavy atom. The summed E-state index contributed by atoms with van der Waals surface area (Å²) in [5.41, 5.74) is 1.32. The van der Waals surface area contributed by atoms with Gasteiger partial charge in [-0.25, -0.2) is 0 Å². The molecule has 0 radical (unpaired) electrons. The predicted molar refractivity (Wildman–Crippen MR) is 94.1 cm³/mol. The fraction of sp³-hybridized carbons (Fsp3) is 0.316. The summed E-state index contributed by atoms with van der Waals surface area (Å²) in [5, 5.41) is 3.03. The van der Waals surface area contributed by atoms with E-state index >= 15 is 0 Å². The normalized spacial score (nSPS) is 13.4. The second-order valence-corrected chi connectivity index (χ2v) is 6.92. The highest BCUT2D eigenvalue weighted by atomic mass is 32.2. The number of aryl methyl sites for hydroxylation is 1. The van der Waals surface area contributed by atoms with Crippen molar-refractivity contribution in [3.05, 3.63) is 66.2 Å². The molecule has 2 atom stereocenters. The van der Waals surface area contributed by atoms with Gasteiger partial charge < -0.3 is 5.32 Å². The fourth-order valence-electron chi connectivity index (χ4n) is 2.22. The predicted octanol–water partition coefficient (Wildman–Crippen LogP) is 4.30. The molecule has 2 rings (SSSR count). The second-order valence-electron chi connectivity index (χ2n) is 5.51. The maximum absolute atomic E-state index is 12.2. The highest BCUT2D eigenvalue weighted by Gasteiger charge is 2.16. The molecule has 22 heavy (non-hydrogen) atoms. The van der Waals surface area contributed by atoms with E-state index in [-0.39, 0.29) is 17.2 Å². The molecule has 0 aliphatic carbocycles. The van der Waals surface area contributed by atoms with Gasteiger partial charge in [0.15, 0.2) is 0 Å². The zero-order valence-electron chi connectivity index (χ0n) is 13.2. The van der Waals surface area contributed by atoms with Crippen LogP contribution in [0.1, 0.15) is 25.8 Å². The molecule has 0 unspecified atom stereocenters. The van der Waals surface area contributed by atoms with Gasteiger partial charge in [-0.1, -0.05) is 48.5 Å². The van der Waals surface area contributed by atoms with Crippen molar-refractivity contribution in [3.8, 4) is 0 Å². The van der Waals surface area contributed by atoms with Crippen LogP contribution >= 0.6 is 11.8 Å². The molecule has 0 bridgehead atoms. The van der Waals surface area contributed by atoms with E-state index in [0.29, 0.717) is 0 Å². The summed E-state index contributed by atoms with van der Waals surface area (Å²) >= 11 is 1.60. The minimum atomic E-state index is -0.0819. The average Bonchev–Trinajstić information content (AvgIpc) is 2.55. The van der Waals surface area contributed by atoms with E-state index in [4.69, 9.17) is 0 Å². The molecule has 1 N–H and O–H groups in total. The summed E-state index contributed by atoms with van der Waals surface area (Å²) in [6.45, 7) is 4.03. The van der Waals surface area contributed by atoms with Crippen LogP contribution in [0.5, 0.6) is 0 Å². The zero-order valence-corrected chi connectivity index (χ0v) is 14.0. The maximum Gasteiger partial charge on any atom is 0.233 e. The Hall–Kier alpha value is -1.74. The molecule has 0 aromatic heterocycles. The fourth-order valence-corrected chi connectivity index (χ4v) is 3.11. The van der Waals surface area contributed by atoms with Gasteiger partial charge >= 0.3 is 0 Å². The number of carbonyl (C=O) groups is 1. The molecule has 0 aliphatic rings. The third-order valence-electron chi connectivity index (χ3n) is 3.52. The van der Waals surface area contributed by atoms with Crippen LogP contribution in [0.25, 0.3) is 0 Å². The number of rotatable bonds is 7. The molecule has 0 spiro atoms. The van der Waals surface area contributed by atoms with Crippen molar-refractivity contribution >= 4 is 17.7 Å². The first-order valence-electron chi connectivity index (χ1n) is 7.71. The first-order chi connectivity index (χ1) is 10.6. The lowest BCUT2D eigenvalue weighted by molar-refractivity contribution is -0.120. The summed E-state index contributed by atoms with van der Waals surface area (Å²) in [5.74, 6) is 0.106. The van der Waals surface area contributed by atoms with Crippen molar-refractivity contribution in [2.24, 2.45) is 0 Å². The lowest BCUT2D eigenvalue weighted by Gasteiger charge is -2.17. The molecule has 2 nitrogen and oxygen atoms in total. The number of amides is 1. The van der Waals surface area contributed by atoms with Gasteiger partial charge in [-0.05, 0) is 44.4 Å².